The van der Waals surface area contributed by atoms with Crippen molar-refractivity contribution < 1.29 is 18.4 Å². The minimum Gasteiger partial charge on any atom is -0.298 e. The van der Waals surface area contributed by atoms with Crippen LogP contribution < -0.4 is 21.7 Å². The van der Waals surface area contributed by atoms with Crippen molar-refractivity contribution in [2.45, 2.75) is 0 Å². The fourth-order valence-electron chi connectivity index (χ4n) is 1.44. The Morgan fingerprint density at radius 1 is 0.636 bits per heavy atom. The average Bonchev–Trinajstić information content (AvgIpc) is 2.53. The normalized spacial score (nSPS) is 9.73. The van der Waals surface area contributed by atoms with Gasteiger partial charge in [0.1, 0.15) is 11.6 Å². The van der Waals surface area contributed by atoms with Gasteiger partial charge in [-0.25, -0.2) is 8.78 Å². The van der Waals surface area contributed by atoms with Crippen LogP contribution in [-0.4, -0.2) is 11.8 Å². The number of rotatable bonds is 4. The molecule has 2 aromatic rings. The lowest BCUT2D eigenvalue weighted by Crippen LogP contribution is -2.44. The number of hydrazine groups is 2. The molecule has 114 valence electrons. The van der Waals surface area contributed by atoms with E-state index in [1.165, 1.54) is 48.5 Å². The molecule has 6 nitrogen and oxygen atoms in total. The standard InChI is InChI=1S/C14H12F2N4O2/c15-9-1-5-11(6-2-9)17-19-13(21)14(22)20-18-12-7-3-10(16)4-8-12/h1-8,17-18H,(H,19,21)(H,20,22). The number of carbonyl (C=O) groups excluding carboxylic acids is 2. The molecule has 0 saturated heterocycles. The number of hydrogen-bond donors (Lipinski definition) is 4. The summed E-state index contributed by atoms with van der Waals surface area (Å²) in [6.07, 6.45) is 0. The molecule has 0 radical (unpaired) electrons. The molecule has 8 heteroatoms. The fourth-order valence-corrected chi connectivity index (χ4v) is 1.44. The first-order valence-corrected chi connectivity index (χ1v) is 6.18. The molecular weight excluding hydrogens is 294 g/mol. The Morgan fingerprint density at radius 2 is 0.955 bits per heavy atom. The number of halogens is 2. The lowest BCUT2D eigenvalue weighted by molar-refractivity contribution is -0.138. The summed E-state index contributed by atoms with van der Waals surface area (Å²) in [6, 6.07) is 10.4. The fraction of sp³-hybridized carbons (Fsp3) is 0. The van der Waals surface area contributed by atoms with Gasteiger partial charge in [-0.3, -0.25) is 31.3 Å². The minimum absolute atomic E-state index is 0.411. The van der Waals surface area contributed by atoms with Crippen molar-refractivity contribution in [3.8, 4) is 0 Å². The summed E-state index contributed by atoms with van der Waals surface area (Å²) < 4.78 is 25.4. The molecule has 0 aliphatic heterocycles. The Hall–Kier alpha value is -3.16. The quantitative estimate of drug-likeness (QED) is 0.510. The molecule has 0 atom stereocenters. The molecule has 0 aliphatic rings. The summed E-state index contributed by atoms with van der Waals surface area (Å²) in [5.74, 6) is -2.76. The number of benzene rings is 2. The molecule has 0 unspecified atom stereocenters. The predicted molar refractivity (Wildman–Crippen MR) is 76.3 cm³/mol. The second-order valence-electron chi connectivity index (χ2n) is 4.17. The average molecular weight is 306 g/mol. The molecule has 0 saturated carbocycles. The van der Waals surface area contributed by atoms with Crippen LogP contribution in [0.25, 0.3) is 0 Å². The molecule has 0 bridgehead atoms. The molecule has 0 aromatic heterocycles. The number of anilines is 2. The molecule has 0 heterocycles. The second kappa shape index (κ2) is 7.02. The predicted octanol–water partition coefficient (Wildman–Crippen LogP) is 1.55. The maximum Gasteiger partial charge on any atom is 0.329 e. The highest BCUT2D eigenvalue weighted by molar-refractivity contribution is 6.35. The maximum atomic E-state index is 12.7. The van der Waals surface area contributed by atoms with E-state index in [-0.39, 0.29) is 0 Å². The van der Waals surface area contributed by atoms with Crippen LogP contribution in [0.15, 0.2) is 48.5 Å². The Balaban J connectivity index is 1.78. The summed E-state index contributed by atoms with van der Waals surface area (Å²) >= 11 is 0. The third kappa shape index (κ3) is 4.44. The number of hydrogen-bond acceptors (Lipinski definition) is 4. The van der Waals surface area contributed by atoms with Gasteiger partial charge in [0.2, 0.25) is 0 Å². The molecule has 4 N–H and O–H groups in total. The number of amides is 2. The van der Waals surface area contributed by atoms with E-state index in [1.54, 1.807) is 0 Å². The monoisotopic (exact) mass is 306 g/mol. The van der Waals surface area contributed by atoms with E-state index >= 15 is 0 Å². The van der Waals surface area contributed by atoms with Gasteiger partial charge in [-0.1, -0.05) is 0 Å². The van der Waals surface area contributed by atoms with Crippen LogP contribution in [0.3, 0.4) is 0 Å². The Bertz CT molecular complexity index is 600. The summed E-state index contributed by atoms with van der Waals surface area (Å²) in [5, 5.41) is 0. The summed E-state index contributed by atoms with van der Waals surface area (Å²) in [4.78, 5) is 23.0. The topological polar surface area (TPSA) is 82.3 Å². The highest BCUT2D eigenvalue weighted by Gasteiger charge is 2.12. The molecule has 22 heavy (non-hydrogen) atoms. The van der Waals surface area contributed by atoms with Gasteiger partial charge in [0.25, 0.3) is 0 Å². The van der Waals surface area contributed by atoms with Gasteiger partial charge in [0, 0.05) is 0 Å². The van der Waals surface area contributed by atoms with Gasteiger partial charge < -0.3 is 0 Å². The van der Waals surface area contributed by atoms with E-state index in [1.807, 2.05) is 0 Å². The summed E-state index contributed by atoms with van der Waals surface area (Å²) in [7, 11) is 0. The van der Waals surface area contributed by atoms with Crippen LogP contribution in [0, 0.1) is 11.6 Å². The summed E-state index contributed by atoms with van der Waals surface area (Å²) in [6.45, 7) is 0. The van der Waals surface area contributed by atoms with Crippen LogP contribution in [0.1, 0.15) is 0 Å². The van der Waals surface area contributed by atoms with Crippen molar-refractivity contribution >= 4 is 23.2 Å². The highest BCUT2D eigenvalue weighted by Crippen LogP contribution is 2.07. The van der Waals surface area contributed by atoms with Gasteiger partial charge in [-0.15, -0.1) is 0 Å². The van der Waals surface area contributed by atoms with Crippen molar-refractivity contribution in [2.24, 2.45) is 0 Å². The van der Waals surface area contributed by atoms with Crippen molar-refractivity contribution in [3.63, 3.8) is 0 Å². The van der Waals surface area contributed by atoms with Crippen molar-refractivity contribution in [1.82, 2.24) is 10.9 Å². The van der Waals surface area contributed by atoms with Crippen LogP contribution in [-0.2, 0) is 9.59 Å². The Labute approximate surface area is 124 Å². The van der Waals surface area contributed by atoms with E-state index in [2.05, 4.69) is 21.7 Å². The van der Waals surface area contributed by atoms with E-state index < -0.39 is 23.4 Å². The van der Waals surface area contributed by atoms with Gasteiger partial charge in [-0.2, -0.15) is 0 Å². The van der Waals surface area contributed by atoms with Gasteiger partial charge in [-0.05, 0) is 48.5 Å². The molecule has 0 fully saturated rings. The molecule has 0 aliphatic carbocycles. The first-order chi connectivity index (χ1) is 10.5. The van der Waals surface area contributed by atoms with Crippen LogP contribution in [0.4, 0.5) is 20.2 Å². The Kier molecular flexibility index (Phi) is 4.86. The highest BCUT2D eigenvalue weighted by atomic mass is 19.1. The number of nitrogens with one attached hydrogen (secondary N) is 4. The summed E-state index contributed by atoms with van der Waals surface area (Å²) in [5.41, 5.74) is 10.0. The zero-order valence-electron chi connectivity index (χ0n) is 11.2. The third-order valence-electron chi connectivity index (χ3n) is 2.54. The molecule has 2 aromatic carbocycles. The maximum absolute atomic E-state index is 12.7. The SMILES string of the molecule is O=C(NNc1ccc(F)cc1)C(=O)NNc1ccc(F)cc1. The molecule has 2 amide bonds. The zero-order valence-corrected chi connectivity index (χ0v) is 11.2. The van der Waals surface area contributed by atoms with Crippen LogP contribution in [0.2, 0.25) is 0 Å². The lowest BCUT2D eigenvalue weighted by Gasteiger charge is -2.10. The van der Waals surface area contributed by atoms with Gasteiger partial charge >= 0.3 is 11.8 Å². The third-order valence-corrected chi connectivity index (χ3v) is 2.54. The van der Waals surface area contributed by atoms with E-state index in [9.17, 15) is 18.4 Å². The zero-order chi connectivity index (χ0) is 15.9. The van der Waals surface area contributed by atoms with Crippen molar-refractivity contribution in [1.29, 1.82) is 0 Å². The van der Waals surface area contributed by atoms with Crippen LogP contribution >= 0.6 is 0 Å². The molecule has 0 spiro atoms. The van der Waals surface area contributed by atoms with Gasteiger partial charge in [0.05, 0.1) is 11.4 Å². The lowest BCUT2D eigenvalue weighted by atomic mass is 10.3. The minimum atomic E-state index is -0.959. The van der Waals surface area contributed by atoms with E-state index in [0.717, 1.165) is 0 Å². The Morgan fingerprint density at radius 3 is 1.27 bits per heavy atom. The van der Waals surface area contributed by atoms with E-state index in [4.69, 9.17) is 0 Å². The smallest absolute Gasteiger partial charge is 0.298 e. The van der Waals surface area contributed by atoms with Crippen LogP contribution in [0.5, 0.6) is 0 Å². The first-order valence-electron chi connectivity index (χ1n) is 6.18. The van der Waals surface area contributed by atoms with Gasteiger partial charge in [0.15, 0.2) is 0 Å². The first kappa shape index (κ1) is 15.2. The number of carbonyl (C=O) groups is 2. The van der Waals surface area contributed by atoms with Crippen molar-refractivity contribution in [3.05, 3.63) is 60.2 Å². The van der Waals surface area contributed by atoms with E-state index in [0.29, 0.717) is 11.4 Å². The molecule has 2 rings (SSSR count). The second-order valence-corrected chi connectivity index (χ2v) is 4.17. The largest absolute Gasteiger partial charge is 0.329 e. The molecular formula is C14H12F2N4O2. The van der Waals surface area contributed by atoms with Crippen molar-refractivity contribution in [2.75, 3.05) is 10.9 Å².